The molecular formula is C23H28N2O2. The van der Waals surface area contributed by atoms with E-state index < -0.39 is 0 Å². The Morgan fingerprint density at radius 3 is 2.41 bits per heavy atom. The summed E-state index contributed by atoms with van der Waals surface area (Å²) in [6.45, 7) is 3.83. The van der Waals surface area contributed by atoms with E-state index >= 15 is 0 Å². The highest BCUT2D eigenvalue weighted by Gasteiger charge is 2.05. The zero-order chi connectivity index (χ0) is 19.3. The Morgan fingerprint density at radius 2 is 1.70 bits per heavy atom. The Kier molecular flexibility index (Phi) is 9.01. The van der Waals surface area contributed by atoms with Crippen molar-refractivity contribution in [3.8, 4) is 0 Å². The van der Waals surface area contributed by atoms with Crippen molar-refractivity contribution in [3.05, 3.63) is 77.4 Å². The van der Waals surface area contributed by atoms with Crippen molar-refractivity contribution < 1.29 is 9.59 Å². The van der Waals surface area contributed by atoms with Gasteiger partial charge in [0.05, 0.1) is 6.54 Å². The molecule has 0 unspecified atom stereocenters. The van der Waals surface area contributed by atoms with Gasteiger partial charge in [0.1, 0.15) is 0 Å². The molecule has 0 fully saturated rings. The molecule has 0 saturated carbocycles. The molecule has 2 N–H and O–H groups in total. The lowest BCUT2D eigenvalue weighted by Gasteiger charge is -2.06. The van der Waals surface area contributed by atoms with Crippen LogP contribution >= 0.6 is 0 Å². The minimum Gasteiger partial charge on any atom is -0.348 e. The molecule has 0 aromatic heterocycles. The predicted octanol–water partition coefficient (Wildman–Crippen LogP) is 3.98. The fourth-order valence-electron chi connectivity index (χ4n) is 2.60. The zero-order valence-corrected chi connectivity index (χ0v) is 15.9. The van der Waals surface area contributed by atoms with Gasteiger partial charge in [-0.3, -0.25) is 9.59 Å². The molecule has 0 aliphatic rings. The van der Waals surface area contributed by atoms with Crippen molar-refractivity contribution in [1.29, 1.82) is 0 Å². The molecule has 4 nitrogen and oxygen atoms in total. The lowest BCUT2D eigenvalue weighted by Crippen LogP contribution is -2.24. The SMILES string of the molecule is CCCCCNCC(=O)c1ccc(CNC(=O)/C=C/c2ccccc2)cc1. The van der Waals surface area contributed by atoms with Crippen molar-refractivity contribution in [2.75, 3.05) is 13.1 Å². The zero-order valence-electron chi connectivity index (χ0n) is 15.9. The summed E-state index contributed by atoms with van der Waals surface area (Å²) in [5.41, 5.74) is 2.64. The fraction of sp³-hybridized carbons (Fsp3) is 0.304. The van der Waals surface area contributed by atoms with Crippen LogP contribution < -0.4 is 10.6 Å². The fourth-order valence-corrected chi connectivity index (χ4v) is 2.60. The number of hydrogen-bond donors (Lipinski definition) is 2. The summed E-state index contributed by atoms with van der Waals surface area (Å²) in [5.74, 6) is -0.0526. The predicted molar refractivity (Wildman–Crippen MR) is 110 cm³/mol. The molecule has 2 rings (SSSR count). The van der Waals surface area contributed by atoms with Crippen LogP contribution in [-0.4, -0.2) is 24.8 Å². The Bertz CT molecular complexity index is 737. The molecule has 0 saturated heterocycles. The summed E-state index contributed by atoms with van der Waals surface area (Å²) in [6.07, 6.45) is 6.76. The van der Waals surface area contributed by atoms with Crippen LogP contribution in [0.2, 0.25) is 0 Å². The van der Waals surface area contributed by atoms with Gasteiger partial charge < -0.3 is 10.6 Å². The van der Waals surface area contributed by atoms with E-state index in [1.165, 1.54) is 18.9 Å². The van der Waals surface area contributed by atoms with E-state index in [2.05, 4.69) is 17.6 Å². The molecule has 0 atom stereocenters. The van der Waals surface area contributed by atoms with Crippen LogP contribution in [0.15, 0.2) is 60.7 Å². The number of unbranched alkanes of at least 4 members (excludes halogenated alkanes) is 2. The first-order valence-corrected chi connectivity index (χ1v) is 9.53. The van der Waals surface area contributed by atoms with E-state index in [1.807, 2.05) is 54.6 Å². The van der Waals surface area contributed by atoms with Crippen molar-refractivity contribution in [2.24, 2.45) is 0 Å². The molecule has 1 amide bonds. The van der Waals surface area contributed by atoms with E-state index in [0.29, 0.717) is 18.7 Å². The monoisotopic (exact) mass is 364 g/mol. The standard InChI is InChI=1S/C23H28N2O2/c1-2-3-7-16-24-18-22(26)21-13-10-20(11-14-21)17-25-23(27)15-12-19-8-5-4-6-9-19/h4-6,8-15,24H,2-3,7,16-18H2,1H3,(H,25,27)/b15-12+. The number of ketones is 1. The molecule has 27 heavy (non-hydrogen) atoms. The Labute approximate surface area is 161 Å². The maximum absolute atomic E-state index is 12.1. The van der Waals surface area contributed by atoms with Gasteiger partial charge in [-0.2, -0.15) is 0 Å². The number of rotatable bonds is 11. The minimum atomic E-state index is -0.143. The highest BCUT2D eigenvalue weighted by atomic mass is 16.1. The summed E-state index contributed by atoms with van der Waals surface area (Å²) in [6, 6.07) is 17.1. The van der Waals surface area contributed by atoms with Gasteiger partial charge >= 0.3 is 0 Å². The first kappa shape index (κ1) is 20.6. The first-order valence-electron chi connectivity index (χ1n) is 9.53. The number of hydrogen-bond acceptors (Lipinski definition) is 3. The number of benzene rings is 2. The van der Waals surface area contributed by atoms with E-state index in [9.17, 15) is 9.59 Å². The summed E-state index contributed by atoms with van der Waals surface area (Å²) in [5, 5.41) is 6.04. The summed E-state index contributed by atoms with van der Waals surface area (Å²) in [7, 11) is 0. The van der Waals surface area contributed by atoms with Gasteiger partial charge in [0.25, 0.3) is 0 Å². The molecule has 0 aliphatic heterocycles. The van der Waals surface area contributed by atoms with Crippen LogP contribution in [-0.2, 0) is 11.3 Å². The average Bonchev–Trinajstić information content (AvgIpc) is 2.71. The second kappa shape index (κ2) is 11.8. The van der Waals surface area contributed by atoms with E-state index in [0.717, 1.165) is 24.1 Å². The number of carbonyl (C=O) groups is 2. The highest BCUT2D eigenvalue weighted by molar-refractivity contribution is 5.97. The highest BCUT2D eigenvalue weighted by Crippen LogP contribution is 2.06. The van der Waals surface area contributed by atoms with Crippen LogP contribution in [0.25, 0.3) is 6.08 Å². The second-order valence-electron chi connectivity index (χ2n) is 6.47. The smallest absolute Gasteiger partial charge is 0.244 e. The molecule has 2 aromatic rings. The van der Waals surface area contributed by atoms with Crippen LogP contribution in [0.1, 0.15) is 47.7 Å². The van der Waals surface area contributed by atoms with Gasteiger partial charge in [-0.25, -0.2) is 0 Å². The first-order chi connectivity index (χ1) is 13.2. The van der Waals surface area contributed by atoms with Crippen molar-refractivity contribution >= 4 is 17.8 Å². The summed E-state index contributed by atoms with van der Waals surface area (Å²) >= 11 is 0. The van der Waals surface area contributed by atoms with Crippen molar-refractivity contribution in [2.45, 2.75) is 32.7 Å². The molecule has 0 spiro atoms. The number of carbonyl (C=O) groups excluding carboxylic acids is 2. The van der Waals surface area contributed by atoms with E-state index in [4.69, 9.17) is 0 Å². The Morgan fingerprint density at radius 1 is 0.963 bits per heavy atom. The van der Waals surface area contributed by atoms with Gasteiger partial charge in [-0.15, -0.1) is 0 Å². The maximum Gasteiger partial charge on any atom is 0.244 e. The van der Waals surface area contributed by atoms with Crippen LogP contribution in [0.5, 0.6) is 0 Å². The molecule has 0 radical (unpaired) electrons. The number of nitrogens with one attached hydrogen (secondary N) is 2. The Hall–Kier alpha value is -2.72. The van der Waals surface area contributed by atoms with Gasteiger partial charge in [-0.1, -0.05) is 74.4 Å². The largest absolute Gasteiger partial charge is 0.348 e. The lowest BCUT2D eigenvalue weighted by atomic mass is 10.1. The van der Waals surface area contributed by atoms with Gasteiger partial charge in [0.2, 0.25) is 5.91 Å². The third kappa shape index (κ3) is 8.01. The summed E-state index contributed by atoms with van der Waals surface area (Å²) in [4.78, 5) is 24.0. The summed E-state index contributed by atoms with van der Waals surface area (Å²) < 4.78 is 0. The molecule has 142 valence electrons. The Balaban J connectivity index is 1.74. The van der Waals surface area contributed by atoms with E-state index in [-0.39, 0.29) is 11.7 Å². The van der Waals surface area contributed by atoms with Gasteiger partial charge in [-0.05, 0) is 30.2 Å². The third-order valence-corrected chi connectivity index (χ3v) is 4.21. The molecule has 2 aromatic carbocycles. The average molecular weight is 364 g/mol. The topological polar surface area (TPSA) is 58.2 Å². The normalized spacial score (nSPS) is 10.9. The second-order valence-corrected chi connectivity index (χ2v) is 6.47. The van der Waals surface area contributed by atoms with Crippen molar-refractivity contribution in [1.82, 2.24) is 10.6 Å². The van der Waals surface area contributed by atoms with Crippen LogP contribution in [0.3, 0.4) is 0 Å². The van der Waals surface area contributed by atoms with Crippen LogP contribution in [0, 0.1) is 0 Å². The maximum atomic E-state index is 12.1. The molecule has 4 heteroatoms. The van der Waals surface area contributed by atoms with E-state index in [1.54, 1.807) is 6.08 Å². The van der Waals surface area contributed by atoms with Crippen molar-refractivity contribution in [3.63, 3.8) is 0 Å². The number of Topliss-reactive ketones (excluding diaryl/α,β-unsaturated/α-hetero) is 1. The third-order valence-electron chi connectivity index (χ3n) is 4.21. The van der Waals surface area contributed by atoms with Gasteiger partial charge in [0.15, 0.2) is 5.78 Å². The molecule has 0 heterocycles. The minimum absolute atomic E-state index is 0.0906. The molecule has 0 aliphatic carbocycles. The van der Waals surface area contributed by atoms with Gasteiger partial charge in [0, 0.05) is 18.2 Å². The van der Waals surface area contributed by atoms with Crippen LogP contribution in [0.4, 0.5) is 0 Å². The lowest BCUT2D eigenvalue weighted by molar-refractivity contribution is -0.116. The quantitative estimate of drug-likeness (QED) is 0.360. The molecule has 0 bridgehead atoms. The number of amides is 1. The molecular weight excluding hydrogens is 336 g/mol.